The zero-order valence-electron chi connectivity index (χ0n) is 13.4. The van der Waals surface area contributed by atoms with Crippen molar-refractivity contribution >= 4 is 38.4 Å². The summed E-state index contributed by atoms with van der Waals surface area (Å²) in [5.74, 6) is 1.09. The van der Waals surface area contributed by atoms with E-state index in [1.807, 2.05) is 18.2 Å². The molecular formula is C17H18N4O2S. The molecule has 2 aromatic heterocycles. The number of hydrogen-bond donors (Lipinski definition) is 1. The summed E-state index contributed by atoms with van der Waals surface area (Å²) in [5.41, 5.74) is 1.02. The highest BCUT2D eigenvalue weighted by atomic mass is 32.1. The maximum absolute atomic E-state index is 12.5. The van der Waals surface area contributed by atoms with E-state index in [2.05, 4.69) is 21.4 Å². The molecule has 6 nitrogen and oxygen atoms in total. The standard InChI is InChI=1S/C17H18N4O2S/c1-11-9-15(20-23-11)19-16(22)12-5-4-8-21(10-12)17-18-13-6-2-3-7-14(13)24-17/h2-3,6-7,9,12H,4-5,8,10H2,1H3,(H,19,20,22). The summed E-state index contributed by atoms with van der Waals surface area (Å²) in [6.07, 6.45) is 1.86. The van der Waals surface area contributed by atoms with Crippen LogP contribution in [0.2, 0.25) is 0 Å². The third-order valence-corrected chi connectivity index (χ3v) is 5.32. The third kappa shape index (κ3) is 2.99. The van der Waals surface area contributed by atoms with Gasteiger partial charge in [0.2, 0.25) is 5.91 Å². The van der Waals surface area contributed by atoms with Crippen molar-refractivity contribution in [1.82, 2.24) is 10.1 Å². The number of aromatic nitrogens is 2. The minimum Gasteiger partial charge on any atom is -0.360 e. The van der Waals surface area contributed by atoms with E-state index in [1.54, 1.807) is 24.3 Å². The molecule has 0 aliphatic carbocycles. The Morgan fingerprint density at radius 2 is 2.29 bits per heavy atom. The van der Waals surface area contributed by atoms with Crippen LogP contribution in [0.5, 0.6) is 0 Å². The van der Waals surface area contributed by atoms with Gasteiger partial charge in [-0.3, -0.25) is 4.79 Å². The van der Waals surface area contributed by atoms with Crippen LogP contribution < -0.4 is 10.2 Å². The predicted octanol–water partition coefficient (Wildman–Crippen LogP) is 3.45. The molecule has 7 heteroatoms. The first-order chi connectivity index (χ1) is 11.7. The summed E-state index contributed by atoms with van der Waals surface area (Å²) >= 11 is 1.68. The lowest BCUT2D eigenvalue weighted by atomic mass is 9.97. The summed E-state index contributed by atoms with van der Waals surface area (Å²) < 4.78 is 6.17. The Kier molecular flexibility index (Phi) is 3.93. The van der Waals surface area contributed by atoms with Crippen molar-refractivity contribution in [3.63, 3.8) is 0 Å². The molecule has 0 bridgehead atoms. The normalized spacial score (nSPS) is 18.0. The Hall–Kier alpha value is -2.41. The van der Waals surface area contributed by atoms with Crippen molar-refractivity contribution in [3.8, 4) is 0 Å². The highest BCUT2D eigenvalue weighted by Crippen LogP contribution is 2.31. The number of thiazole rings is 1. The molecule has 1 aliphatic rings. The van der Waals surface area contributed by atoms with Crippen LogP contribution in [0.4, 0.5) is 10.9 Å². The third-order valence-electron chi connectivity index (χ3n) is 4.22. The van der Waals surface area contributed by atoms with Gasteiger partial charge in [-0.25, -0.2) is 4.98 Å². The average Bonchev–Trinajstić information content (AvgIpc) is 3.21. The molecular weight excluding hydrogens is 324 g/mol. The number of piperidine rings is 1. The van der Waals surface area contributed by atoms with E-state index in [0.29, 0.717) is 18.1 Å². The summed E-state index contributed by atoms with van der Waals surface area (Å²) in [6.45, 7) is 3.42. The SMILES string of the molecule is Cc1cc(NC(=O)C2CCCN(c3nc4ccccc4s3)C2)no1. The van der Waals surface area contributed by atoms with Crippen molar-refractivity contribution in [2.24, 2.45) is 5.92 Å². The van der Waals surface area contributed by atoms with E-state index < -0.39 is 0 Å². The number of aryl methyl sites for hydroxylation is 1. The highest BCUT2D eigenvalue weighted by Gasteiger charge is 2.28. The molecule has 1 aromatic carbocycles. The number of hydrogen-bond acceptors (Lipinski definition) is 6. The number of para-hydroxylation sites is 1. The van der Waals surface area contributed by atoms with E-state index in [4.69, 9.17) is 9.51 Å². The summed E-state index contributed by atoms with van der Waals surface area (Å²) in [4.78, 5) is 19.4. The van der Waals surface area contributed by atoms with E-state index in [9.17, 15) is 4.79 Å². The van der Waals surface area contributed by atoms with E-state index in [1.165, 1.54) is 4.70 Å². The van der Waals surface area contributed by atoms with E-state index in [0.717, 1.165) is 30.0 Å². The smallest absolute Gasteiger partial charge is 0.230 e. The Labute approximate surface area is 143 Å². The minimum atomic E-state index is -0.0669. The summed E-state index contributed by atoms with van der Waals surface area (Å²) in [7, 11) is 0. The Balaban J connectivity index is 1.47. The quantitative estimate of drug-likeness (QED) is 0.789. The lowest BCUT2D eigenvalue weighted by Gasteiger charge is -2.31. The van der Waals surface area contributed by atoms with Crippen LogP contribution in [0, 0.1) is 12.8 Å². The molecule has 0 spiro atoms. The predicted molar refractivity (Wildman–Crippen MR) is 94.4 cm³/mol. The number of benzene rings is 1. The van der Waals surface area contributed by atoms with Gasteiger partial charge in [0.05, 0.1) is 16.1 Å². The first kappa shape index (κ1) is 15.1. The van der Waals surface area contributed by atoms with Crippen molar-refractivity contribution in [1.29, 1.82) is 0 Å². The fraction of sp³-hybridized carbons (Fsp3) is 0.353. The Bertz CT molecular complexity index is 839. The van der Waals surface area contributed by atoms with Crippen molar-refractivity contribution in [2.75, 3.05) is 23.3 Å². The molecule has 24 heavy (non-hydrogen) atoms. The van der Waals surface area contributed by atoms with Crippen molar-refractivity contribution in [3.05, 3.63) is 36.1 Å². The molecule has 1 fully saturated rings. The number of carbonyl (C=O) groups is 1. The van der Waals surface area contributed by atoms with Gasteiger partial charge in [0.25, 0.3) is 0 Å². The molecule has 1 atom stereocenters. The van der Waals surface area contributed by atoms with Crippen molar-refractivity contribution < 1.29 is 9.32 Å². The second kappa shape index (κ2) is 6.24. The number of nitrogens with one attached hydrogen (secondary N) is 1. The van der Waals surface area contributed by atoms with Crippen LogP contribution in [0.3, 0.4) is 0 Å². The maximum Gasteiger partial charge on any atom is 0.230 e. The van der Waals surface area contributed by atoms with Crippen LogP contribution in [0.1, 0.15) is 18.6 Å². The highest BCUT2D eigenvalue weighted by molar-refractivity contribution is 7.22. The second-order valence-electron chi connectivity index (χ2n) is 6.06. The van der Waals surface area contributed by atoms with Gasteiger partial charge in [0.15, 0.2) is 10.9 Å². The molecule has 0 radical (unpaired) electrons. The topological polar surface area (TPSA) is 71.3 Å². The number of rotatable bonds is 3. The first-order valence-electron chi connectivity index (χ1n) is 8.04. The summed E-state index contributed by atoms with van der Waals surface area (Å²) in [6, 6.07) is 9.86. The molecule has 0 saturated carbocycles. The second-order valence-corrected chi connectivity index (χ2v) is 7.07. The molecule has 4 rings (SSSR count). The lowest BCUT2D eigenvalue weighted by molar-refractivity contribution is -0.120. The largest absolute Gasteiger partial charge is 0.360 e. The average molecular weight is 342 g/mol. The molecule has 3 heterocycles. The number of anilines is 2. The molecule has 3 aromatic rings. The van der Waals surface area contributed by atoms with Crippen LogP contribution in [0.25, 0.3) is 10.2 Å². The molecule has 1 unspecified atom stereocenters. The van der Waals surface area contributed by atoms with Crippen molar-refractivity contribution in [2.45, 2.75) is 19.8 Å². The van der Waals surface area contributed by atoms with Gasteiger partial charge in [-0.2, -0.15) is 0 Å². The molecule has 1 aliphatic heterocycles. The minimum absolute atomic E-state index is 0.00545. The zero-order chi connectivity index (χ0) is 16.5. The number of fused-ring (bicyclic) bond motifs is 1. The van der Waals surface area contributed by atoms with Crippen LogP contribution in [-0.2, 0) is 4.79 Å². The van der Waals surface area contributed by atoms with Crippen LogP contribution >= 0.6 is 11.3 Å². The number of carbonyl (C=O) groups excluding carboxylic acids is 1. The van der Waals surface area contributed by atoms with Gasteiger partial charge >= 0.3 is 0 Å². The van der Waals surface area contributed by atoms with Crippen LogP contribution in [0.15, 0.2) is 34.9 Å². The fourth-order valence-corrected chi connectivity index (χ4v) is 4.01. The number of amides is 1. The van der Waals surface area contributed by atoms with Gasteiger partial charge in [0.1, 0.15) is 5.76 Å². The molecule has 1 saturated heterocycles. The summed E-state index contributed by atoms with van der Waals surface area (Å²) in [5, 5.41) is 7.66. The van der Waals surface area contributed by atoms with Crippen LogP contribution in [-0.4, -0.2) is 29.1 Å². The Morgan fingerprint density at radius 1 is 1.42 bits per heavy atom. The lowest BCUT2D eigenvalue weighted by Crippen LogP contribution is -2.40. The zero-order valence-corrected chi connectivity index (χ0v) is 14.2. The molecule has 1 N–H and O–H groups in total. The van der Waals surface area contributed by atoms with Gasteiger partial charge in [-0.05, 0) is 31.9 Å². The van der Waals surface area contributed by atoms with Gasteiger partial charge in [0, 0.05) is 19.2 Å². The maximum atomic E-state index is 12.5. The van der Waals surface area contributed by atoms with Gasteiger partial charge < -0.3 is 14.7 Å². The number of nitrogens with zero attached hydrogens (tertiary/aromatic N) is 3. The van der Waals surface area contributed by atoms with E-state index in [-0.39, 0.29) is 11.8 Å². The van der Waals surface area contributed by atoms with E-state index >= 15 is 0 Å². The molecule has 1 amide bonds. The molecule has 124 valence electrons. The monoisotopic (exact) mass is 342 g/mol. The first-order valence-corrected chi connectivity index (χ1v) is 8.85. The Morgan fingerprint density at radius 3 is 3.08 bits per heavy atom. The fourth-order valence-electron chi connectivity index (χ4n) is 3.01. The van der Waals surface area contributed by atoms with Gasteiger partial charge in [-0.15, -0.1) is 0 Å². The van der Waals surface area contributed by atoms with Gasteiger partial charge in [-0.1, -0.05) is 28.6 Å².